The largest absolute Gasteiger partial charge is 0.322 e. The number of rotatable bonds is 5. The molecular formula is C20H24N2O3S. The van der Waals surface area contributed by atoms with E-state index in [0.29, 0.717) is 37.2 Å². The molecule has 5 nitrogen and oxygen atoms in total. The first-order chi connectivity index (χ1) is 12.4. The molecule has 1 N–H and O–H groups in total. The summed E-state index contributed by atoms with van der Waals surface area (Å²) < 4.78 is 26.2. The quantitative estimate of drug-likeness (QED) is 0.875. The van der Waals surface area contributed by atoms with Crippen LogP contribution in [0.25, 0.3) is 0 Å². The van der Waals surface area contributed by atoms with Crippen LogP contribution in [0.1, 0.15) is 40.4 Å². The molecule has 6 heteroatoms. The highest BCUT2D eigenvalue weighted by molar-refractivity contribution is 7.89. The average molecular weight is 372 g/mol. The van der Waals surface area contributed by atoms with Gasteiger partial charge in [-0.1, -0.05) is 30.7 Å². The van der Waals surface area contributed by atoms with E-state index in [9.17, 15) is 13.2 Å². The maximum Gasteiger partial charge on any atom is 0.255 e. The molecule has 1 aliphatic rings. The lowest BCUT2D eigenvalue weighted by molar-refractivity contribution is 0.102. The third-order valence-electron chi connectivity index (χ3n) is 4.58. The van der Waals surface area contributed by atoms with Crippen LogP contribution in [0.4, 0.5) is 5.69 Å². The summed E-state index contributed by atoms with van der Waals surface area (Å²) in [4.78, 5) is 12.4. The summed E-state index contributed by atoms with van der Waals surface area (Å²) in [5.41, 5.74) is 4.42. The number of hydrogen-bond acceptors (Lipinski definition) is 3. The number of carbonyl (C=O) groups is 1. The predicted octanol–water partition coefficient (Wildman–Crippen LogP) is 3.35. The van der Waals surface area contributed by atoms with Gasteiger partial charge in [0.2, 0.25) is 10.0 Å². The highest BCUT2D eigenvalue weighted by Gasteiger charge is 2.26. The van der Waals surface area contributed by atoms with Gasteiger partial charge < -0.3 is 5.32 Å². The minimum absolute atomic E-state index is 0.167. The van der Waals surface area contributed by atoms with Crippen LogP contribution in [0.3, 0.4) is 0 Å². The van der Waals surface area contributed by atoms with E-state index in [2.05, 4.69) is 5.32 Å². The van der Waals surface area contributed by atoms with Crippen LogP contribution in [0.15, 0.2) is 42.5 Å². The Morgan fingerprint density at radius 1 is 1.15 bits per heavy atom. The van der Waals surface area contributed by atoms with E-state index in [4.69, 9.17) is 0 Å². The normalized spacial score (nSPS) is 14.7. The molecule has 2 aromatic carbocycles. The lowest BCUT2D eigenvalue weighted by Gasteiger charge is -2.28. The average Bonchev–Trinajstić information content (AvgIpc) is 2.61. The van der Waals surface area contributed by atoms with E-state index in [1.54, 1.807) is 10.4 Å². The summed E-state index contributed by atoms with van der Waals surface area (Å²) in [6.07, 6.45) is 1.31. The molecule has 0 fully saturated rings. The van der Waals surface area contributed by atoms with Crippen molar-refractivity contribution < 1.29 is 13.2 Å². The number of nitrogens with zero attached hydrogens (tertiary/aromatic N) is 1. The predicted molar refractivity (Wildman–Crippen MR) is 104 cm³/mol. The summed E-state index contributed by atoms with van der Waals surface area (Å²) in [5, 5.41) is 2.91. The van der Waals surface area contributed by atoms with Crippen molar-refractivity contribution in [2.75, 3.05) is 17.6 Å². The van der Waals surface area contributed by atoms with Crippen LogP contribution in [0.2, 0.25) is 0 Å². The number of fused-ring (bicyclic) bond motifs is 1. The summed E-state index contributed by atoms with van der Waals surface area (Å²) >= 11 is 0. The molecule has 0 bridgehead atoms. The fourth-order valence-electron chi connectivity index (χ4n) is 3.22. The van der Waals surface area contributed by atoms with Gasteiger partial charge in [-0.3, -0.25) is 4.79 Å². The number of hydrogen-bond donors (Lipinski definition) is 1. The van der Waals surface area contributed by atoms with Crippen LogP contribution in [0.5, 0.6) is 0 Å². The molecule has 1 heterocycles. The van der Waals surface area contributed by atoms with Crippen molar-refractivity contribution in [3.8, 4) is 0 Å². The van der Waals surface area contributed by atoms with Crippen molar-refractivity contribution in [1.29, 1.82) is 0 Å². The summed E-state index contributed by atoms with van der Waals surface area (Å²) in [7, 11) is -3.21. The zero-order valence-electron chi connectivity index (χ0n) is 15.2. The molecule has 0 radical (unpaired) electrons. The molecule has 0 atom stereocenters. The first-order valence-electron chi connectivity index (χ1n) is 8.86. The van der Waals surface area contributed by atoms with E-state index in [0.717, 1.165) is 16.7 Å². The van der Waals surface area contributed by atoms with Gasteiger partial charge in [-0.15, -0.1) is 0 Å². The molecule has 3 rings (SSSR count). The maximum absolute atomic E-state index is 12.4. The van der Waals surface area contributed by atoms with Gasteiger partial charge in [0.05, 0.1) is 5.75 Å². The van der Waals surface area contributed by atoms with Gasteiger partial charge in [0.15, 0.2) is 0 Å². The highest BCUT2D eigenvalue weighted by atomic mass is 32.2. The Labute approximate surface area is 155 Å². The molecule has 1 aliphatic heterocycles. The Bertz CT molecular complexity index is 922. The van der Waals surface area contributed by atoms with Crippen molar-refractivity contribution in [2.24, 2.45) is 0 Å². The third kappa shape index (κ3) is 4.14. The van der Waals surface area contributed by atoms with Crippen molar-refractivity contribution in [2.45, 2.75) is 33.2 Å². The second-order valence-electron chi connectivity index (χ2n) is 6.71. The van der Waals surface area contributed by atoms with Gasteiger partial charge in [0.1, 0.15) is 0 Å². The Morgan fingerprint density at radius 3 is 2.69 bits per heavy atom. The minimum Gasteiger partial charge on any atom is -0.322 e. The van der Waals surface area contributed by atoms with Crippen molar-refractivity contribution in [3.63, 3.8) is 0 Å². The topological polar surface area (TPSA) is 66.5 Å². The highest BCUT2D eigenvalue weighted by Crippen LogP contribution is 2.25. The SMILES string of the molecule is CCCS(=O)(=O)N1CCc2ccc(NC(=O)c3cccc(C)c3)cc2C1. The number of anilines is 1. The fraction of sp³-hybridized carbons (Fsp3) is 0.350. The Balaban J connectivity index is 1.78. The Morgan fingerprint density at radius 2 is 1.96 bits per heavy atom. The van der Waals surface area contributed by atoms with Crippen molar-refractivity contribution >= 4 is 21.6 Å². The Hall–Kier alpha value is -2.18. The maximum atomic E-state index is 12.4. The van der Waals surface area contributed by atoms with E-state index in [-0.39, 0.29) is 11.7 Å². The Kier molecular flexibility index (Phi) is 5.44. The van der Waals surface area contributed by atoms with E-state index >= 15 is 0 Å². The van der Waals surface area contributed by atoms with E-state index in [1.165, 1.54) is 0 Å². The molecule has 0 spiro atoms. The van der Waals surface area contributed by atoms with Crippen molar-refractivity contribution in [3.05, 3.63) is 64.7 Å². The molecule has 26 heavy (non-hydrogen) atoms. The standard InChI is InChI=1S/C20H24N2O3S/c1-3-11-26(24,25)22-10-9-16-7-8-19(13-18(16)14-22)21-20(23)17-6-4-5-15(2)12-17/h4-8,12-13H,3,9-11,14H2,1-2H3,(H,21,23). The monoisotopic (exact) mass is 372 g/mol. The van der Waals surface area contributed by atoms with Crippen molar-refractivity contribution in [1.82, 2.24) is 4.31 Å². The number of aryl methyl sites for hydroxylation is 1. The number of amides is 1. The van der Waals surface area contributed by atoms with Crippen LogP contribution in [-0.4, -0.2) is 30.9 Å². The smallest absolute Gasteiger partial charge is 0.255 e. The lowest BCUT2D eigenvalue weighted by atomic mass is 10.0. The first kappa shape index (κ1) is 18.6. The fourth-order valence-corrected chi connectivity index (χ4v) is 4.70. The number of carbonyl (C=O) groups excluding carboxylic acids is 1. The molecular weight excluding hydrogens is 348 g/mol. The number of benzene rings is 2. The van der Waals surface area contributed by atoms with E-state index < -0.39 is 10.0 Å². The van der Waals surface area contributed by atoms with Gasteiger partial charge in [-0.05, 0) is 55.2 Å². The van der Waals surface area contributed by atoms with Gasteiger partial charge >= 0.3 is 0 Å². The van der Waals surface area contributed by atoms with Gasteiger partial charge in [0.25, 0.3) is 5.91 Å². The summed E-state index contributed by atoms with van der Waals surface area (Å²) in [6.45, 7) is 4.70. The molecule has 2 aromatic rings. The van der Waals surface area contributed by atoms with Gasteiger partial charge in [-0.25, -0.2) is 8.42 Å². The van der Waals surface area contributed by atoms with Gasteiger partial charge in [0, 0.05) is 24.3 Å². The molecule has 138 valence electrons. The lowest BCUT2D eigenvalue weighted by Crippen LogP contribution is -2.37. The molecule has 0 aliphatic carbocycles. The molecule has 1 amide bonds. The first-order valence-corrected chi connectivity index (χ1v) is 10.5. The molecule has 0 aromatic heterocycles. The van der Waals surface area contributed by atoms with Crippen LogP contribution in [-0.2, 0) is 23.0 Å². The van der Waals surface area contributed by atoms with Crippen LogP contribution < -0.4 is 5.32 Å². The minimum atomic E-state index is -3.21. The molecule has 0 saturated heterocycles. The summed E-state index contributed by atoms with van der Waals surface area (Å²) in [6, 6.07) is 13.2. The second kappa shape index (κ2) is 7.60. The zero-order chi connectivity index (χ0) is 18.7. The third-order valence-corrected chi connectivity index (χ3v) is 6.60. The second-order valence-corrected chi connectivity index (χ2v) is 8.80. The number of sulfonamides is 1. The summed E-state index contributed by atoms with van der Waals surface area (Å²) in [5.74, 6) is 0.00600. The molecule has 0 unspecified atom stereocenters. The number of nitrogens with one attached hydrogen (secondary N) is 1. The van der Waals surface area contributed by atoms with E-state index in [1.807, 2.05) is 50.2 Å². The van der Waals surface area contributed by atoms with Gasteiger partial charge in [-0.2, -0.15) is 4.31 Å². The van der Waals surface area contributed by atoms with Crippen LogP contribution >= 0.6 is 0 Å². The zero-order valence-corrected chi connectivity index (χ0v) is 16.0. The molecule has 0 saturated carbocycles. The van der Waals surface area contributed by atoms with Crippen LogP contribution in [0, 0.1) is 6.92 Å².